The van der Waals surface area contributed by atoms with Crippen LogP contribution in [0.4, 0.5) is 5.82 Å². The van der Waals surface area contributed by atoms with Gasteiger partial charge in [0, 0.05) is 6.07 Å². The minimum Gasteiger partial charge on any atom is -0.442 e. The van der Waals surface area contributed by atoms with Gasteiger partial charge in [0.05, 0.1) is 6.61 Å². The molecule has 3 heterocycles. The highest BCUT2D eigenvalue weighted by molar-refractivity contribution is 6.74. The van der Waals surface area contributed by atoms with Crippen molar-refractivity contribution in [3.63, 3.8) is 0 Å². The van der Waals surface area contributed by atoms with Gasteiger partial charge in [-0.05, 0) is 24.2 Å². The average Bonchev–Trinajstić information content (AvgIpc) is 3.10. The lowest BCUT2D eigenvalue weighted by atomic mass is 10.2. The van der Waals surface area contributed by atoms with Crippen molar-refractivity contribution in [1.29, 1.82) is 0 Å². The first-order valence-corrected chi connectivity index (χ1v) is 10.8. The Kier molecular flexibility index (Phi) is 3.96. The highest BCUT2D eigenvalue weighted by Crippen LogP contribution is 2.37. The number of hydrogen-bond acceptors (Lipinski definition) is 6. The maximum Gasteiger partial charge on any atom is 0.206 e. The molecule has 0 aromatic carbocycles. The summed E-state index contributed by atoms with van der Waals surface area (Å²) in [6.45, 7) is 11.6. The molecule has 0 aliphatic rings. The molecule has 0 spiro atoms. The largest absolute Gasteiger partial charge is 0.442 e. The summed E-state index contributed by atoms with van der Waals surface area (Å²) >= 11 is 0. The van der Waals surface area contributed by atoms with Gasteiger partial charge in [-0.2, -0.15) is 0 Å². The number of nitrogens with two attached hydrogens (primary N) is 1. The van der Waals surface area contributed by atoms with Crippen LogP contribution in [-0.4, -0.2) is 27.8 Å². The van der Waals surface area contributed by atoms with Gasteiger partial charge in [0.2, 0.25) is 5.88 Å². The number of aromatic nitrogens is 4. The zero-order chi connectivity index (χ0) is 17.5. The number of nitrogens with zero attached hydrogens (tertiary/aromatic N) is 4. The third kappa shape index (κ3) is 2.94. The Morgan fingerprint density at radius 2 is 1.96 bits per heavy atom. The van der Waals surface area contributed by atoms with Crippen LogP contribution in [0.1, 0.15) is 26.5 Å². The molecule has 2 N–H and O–H groups in total. The van der Waals surface area contributed by atoms with E-state index in [-0.39, 0.29) is 5.04 Å². The number of fused-ring (bicyclic) bond motifs is 1. The third-order valence-corrected chi connectivity index (χ3v) is 9.11. The zero-order valence-corrected chi connectivity index (χ0v) is 15.7. The Labute approximate surface area is 142 Å². The molecule has 0 amide bonds. The molecule has 3 aromatic heterocycles. The first-order chi connectivity index (χ1) is 11.2. The fourth-order valence-electron chi connectivity index (χ4n) is 2.06. The van der Waals surface area contributed by atoms with Gasteiger partial charge >= 0.3 is 0 Å². The lowest BCUT2D eigenvalue weighted by Crippen LogP contribution is -2.40. The average molecular weight is 345 g/mol. The molecule has 0 fully saturated rings. The van der Waals surface area contributed by atoms with Gasteiger partial charge in [0.15, 0.2) is 25.3 Å². The monoisotopic (exact) mass is 345 g/mol. The SMILES string of the molecule is CC(C)(C)[Si](C)(C)OCc1ccc(-n2cnc3c(N)ncnc32)o1. The van der Waals surface area contributed by atoms with Gasteiger partial charge in [0.25, 0.3) is 0 Å². The van der Waals surface area contributed by atoms with Crippen molar-refractivity contribution in [3.05, 3.63) is 30.5 Å². The summed E-state index contributed by atoms with van der Waals surface area (Å²) in [5.74, 6) is 1.76. The Morgan fingerprint density at radius 1 is 1.21 bits per heavy atom. The maximum absolute atomic E-state index is 6.19. The molecule has 8 heteroatoms. The summed E-state index contributed by atoms with van der Waals surface area (Å²) in [7, 11) is -1.81. The summed E-state index contributed by atoms with van der Waals surface area (Å²) in [6.07, 6.45) is 3.05. The van der Waals surface area contributed by atoms with Gasteiger partial charge in [-0.3, -0.25) is 4.57 Å². The molecule has 0 atom stereocenters. The van der Waals surface area contributed by atoms with Gasteiger partial charge in [0.1, 0.15) is 18.4 Å². The lowest BCUT2D eigenvalue weighted by Gasteiger charge is -2.35. The Morgan fingerprint density at radius 3 is 2.67 bits per heavy atom. The van der Waals surface area contributed by atoms with Crippen LogP contribution in [0.5, 0.6) is 0 Å². The highest BCUT2D eigenvalue weighted by Gasteiger charge is 2.37. The lowest BCUT2D eigenvalue weighted by molar-refractivity contribution is 0.245. The van der Waals surface area contributed by atoms with Crippen LogP contribution < -0.4 is 5.73 Å². The quantitative estimate of drug-likeness (QED) is 0.727. The number of anilines is 1. The van der Waals surface area contributed by atoms with E-state index >= 15 is 0 Å². The molecule has 24 heavy (non-hydrogen) atoms. The maximum atomic E-state index is 6.19. The van der Waals surface area contributed by atoms with E-state index in [1.54, 1.807) is 10.9 Å². The number of imidazole rings is 1. The second-order valence-electron chi connectivity index (χ2n) is 7.33. The fourth-order valence-corrected chi connectivity index (χ4v) is 2.99. The molecule has 3 aromatic rings. The van der Waals surface area contributed by atoms with Crippen LogP contribution >= 0.6 is 0 Å². The normalized spacial score (nSPS) is 12.9. The van der Waals surface area contributed by atoms with Crippen molar-refractivity contribution >= 4 is 25.3 Å². The van der Waals surface area contributed by atoms with E-state index in [0.29, 0.717) is 29.5 Å². The molecule has 0 radical (unpaired) electrons. The molecule has 0 unspecified atom stereocenters. The smallest absolute Gasteiger partial charge is 0.206 e. The molecule has 3 rings (SSSR count). The third-order valence-electron chi connectivity index (χ3n) is 4.63. The Balaban J connectivity index is 1.82. The minimum atomic E-state index is -1.81. The molecule has 0 saturated carbocycles. The molecule has 0 bridgehead atoms. The van der Waals surface area contributed by atoms with Gasteiger partial charge in [-0.15, -0.1) is 0 Å². The van der Waals surface area contributed by atoms with Crippen LogP contribution in [0.25, 0.3) is 17.0 Å². The van der Waals surface area contributed by atoms with E-state index in [1.807, 2.05) is 12.1 Å². The summed E-state index contributed by atoms with van der Waals surface area (Å²) in [4.78, 5) is 12.4. The van der Waals surface area contributed by atoms with Crippen molar-refractivity contribution in [2.24, 2.45) is 0 Å². The van der Waals surface area contributed by atoms with Gasteiger partial charge in [-0.1, -0.05) is 20.8 Å². The summed E-state index contributed by atoms with van der Waals surface area (Å²) < 4.78 is 13.8. The molecular formula is C16H23N5O2Si. The van der Waals surface area contributed by atoms with Crippen LogP contribution in [0.3, 0.4) is 0 Å². The van der Waals surface area contributed by atoms with E-state index in [2.05, 4.69) is 48.8 Å². The standard InChI is InChI=1S/C16H23N5O2Si/c1-16(2,3)24(4,5)22-8-11-6-7-12(23-11)21-10-20-13-14(17)18-9-19-15(13)21/h6-7,9-10H,8H2,1-5H3,(H2,17,18,19). The molecule has 0 aliphatic heterocycles. The van der Waals surface area contributed by atoms with Crippen molar-refractivity contribution in [3.8, 4) is 5.88 Å². The topological polar surface area (TPSA) is 92.0 Å². The second-order valence-corrected chi connectivity index (χ2v) is 12.1. The first kappa shape index (κ1) is 16.7. The Hall–Kier alpha value is -2.19. The molecule has 7 nitrogen and oxygen atoms in total. The number of nitrogen functional groups attached to an aromatic ring is 1. The number of hydrogen-bond donors (Lipinski definition) is 1. The summed E-state index contributed by atoms with van der Waals surface area (Å²) in [5.41, 5.74) is 7.00. The van der Waals surface area contributed by atoms with Crippen molar-refractivity contribution in [2.45, 2.75) is 45.5 Å². The zero-order valence-electron chi connectivity index (χ0n) is 14.7. The van der Waals surface area contributed by atoms with E-state index in [9.17, 15) is 0 Å². The molecule has 0 saturated heterocycles. The van der Waals surface area contributed by atoms with Crippen LogP contribution in [0.2, 0.25) is 18.1 Å². The fraction of sp³-hybridized carbons (Fsp3) is 0.438. The molecule has 0 aliphatic carbocycles. The predicted octanol–water partition coefficient (Wildman–Crippen LogP) is 3.51. The summed E-state index contributed by atoms with van der Waals surface area (Å²) in [5, 5.41) is 0.164. The number of rotatable bonds is 4. The van der Waals surface area contributed by atoms with E-state index in [1.165, 1.54) is 6.33 Å². The van der Waals surface area contributed by atoms with Crippen molar-refractivity contribution < 1.29 is 8.84 Å². The Bertz CT molecular complexity index is 863. The van der Waals surface area contributed by atoms with Crippen LogP contribution in [0.15, 0.2) is 29.2 Å². The predicted molar refractivity (Wildman–Crippen MR) is 95.3 cm³/mol. The van der Waals surface area contributed by atoms with Crippen LogP contribution in [0, 0.1) is 0 Å². The van der Waals surface area contributed by atoms with Crippen LogP contribution in [-0.2, 0) is 11.0 Å². The van der Waals surface area contributed by atoms with E-state index in [0.717, 1.165) is 5.76 Å². The number of furan rings is 1. The van der Waals surface area contributed by atoms with Crippen molar-refractivity contribution in [2.75, 3.05) is 5.73 Å². The molecular weight excluding hydrogens is 322 g/mol. The molecule has 128 valence electrons. The van der Waals surface area contributed by atoms with Gasteiger partial charge < -0.3 is 14.6 Å². The van der Waals surface area contributed by atoms with Gasteiger partial charge in [-0.25, -0.2) is 15.0 Å². The highest BCUT2D eigenvalue weighted by atomic mass is 28.4. The first-order valence-electron chi connectivity index (χ1n) is 7.85. The second kappa shape index (κ2) is 5.71. The van der Waals surface area contributed by atoms with E-state index in [4.69, 9.17) is 14.6 Å². The van der Waals surface area contributed by atoms with Crippen molar-refractivity contribution in [1.82, 2.24) is 19.5 Å². The minimum absolute atomic E-state index is 0.164. The summed E-state index contributed by atoms with van der Waals surface area (Å²) in [6, 6.07) is 3.79. The van der Waals surface area contributed by atoms with E-state index < -0.39 is 8.32 Å².